The Bertz CT molecular complexity index is 941. The molecular weight excluding hydrogens is 426 g/mol. The minimum absolute atomic E-state index is 0. The smallest absolute Gasteiger partial charge is 0.129 e. The van der Waals surface area contributed by atoms with Gasteiger partial charge in [-0.25, -0.2) is 4.98 Å². The molecule has 0 aliphatic heterocycles. The molecule has 4 aromatic rings. The maximum Gasteiger partial charge on any atom is 0.129 e. The van der Waals surface area contributed by atoms with E-state index in [-0.39, 0.29) is 20.1 Å². The van der Waals surface area contributed by atoms with Gasteiger partial charge in [0.15, 0.2) is 0 Å². The van der Waals surface area contributed by atoms with Crippen LogP contribution in [-0.4, -0.2) is 14.4 Å². The fraction of sp³-hybridized carbons (Fsp3) is 0.125. The van der Waals surface area contributed by atoms with E-state index >= 15 is 0 Å². The fourth-order valence-electron chi connectivity index (χ4n) is 2.67. The molecule has 1 radical (unpaired) electrons. The first-order valence-electron chi connectivity index (χ1n) is 6.30. The van der Waals surface area contributed by atoms with E-state index in [9.17, 15) is 0 Å². The van der Waals surface area contributed by atoms with Crippen LogP contribution in [0.15, 0.2) is 36.5 Å². The average Bonchev–Trinajstić information content (AvgIpc) is 2.76. The van der Waals surface area contributed by atoms with Crippen molar-refractivity contribution in [1.82, 2.24) is 14.4 Å². The van der Waals surface area contributed by atoms with Crippen LogP contribution in [0.5, 0.6) is 0 Å². The summed E-state index contributed by atoms with van der Waals surface area (Å²) in [5.74, 6) is 0. The monoisotopic (exact) mass is 439 g/mol. The van der Waals surface area contributed by atoms with E-state index in [0.29, 0.717) is 0 Å². The van der Waals surface area contributed by atoms with Gasteiger partial charge in [0.05, 0.1) is 5.69 Å². The van der Waals surface area contributed by atoms with Gasteiger partial charge in [-0.05, 0) is 25.4 Å². The molecule has 0 aliphatic rings. The van der Waals surface area contributed by atoms with Gasteiger partial charge in [-0.15, -0.1) is 29.7 Å². The Balaban J connectivity index is 0.00000121. The summed E-state index contributed by atoms with van der Waals surface area (Å²) in [5, 5.41) is 2.12. The van der Waals surface area contributed by atoms with Gasteiger partial charge in [0, 0.05) is 42.9 Å². The first-order chi connectivity index (χ1) is 9.27. The molecule has 0 saturated heterocycles. The SMILES string of the molecule is Cc1nc2c3cccnc3c3[c-]cccc3n2c1C.[Ir]. The Morgan fingerprint density at radius 3 is 2.85 bits per heavy atom. The van der Waals surface area contributed by atoms with Crippen molar-refractivity contribution in [3.8, 4) is 0 Å². The van der Waals surface area contributed by atoms with Crippen LogP contribution in [0.1, 0.15) is 11.4 Å². The zero-order chi connectivity index (χ0) is 13.0. The van der Waals surface area contributed by atoms with Crippen LogP contribution >= 0.6 is 0 Å². The van der Waals surface area contributed by atoms with Crippen molar-refractivity contribution < 1.29 is 20.1 Å². The number of hydrogen-bond acceptors (Lipinski definition) is 2. The van der Waals surface area contributed by atoms with Gasteiger partial charge < -0.3 is 9.38 Å². The standard InChI is InChI=1S/C16H12N3.Ir/c1-10-11(2)19-14-8-4-3-6-12(14)15-13(16(19)18-10)7-5-9-17-15;/h3-5,7-9H,1-2H3;/q-1;. The zero-order valence-electron chi connectivity index (χ0n) is 11.1. The Morgan fingerprint density at radius 1 is 1.15 bits per heavy atom. The van der Waals surface area contributed by atoms with Gasteiger partial charge in [-0.2, -0.15) is 0 Å². The minimum Gasteiger partial charge on any atom is -0.339 e. The Labute approximate surface area is 130 Å². The van der Waals surface area contributed by atoms with E-state index in [2.05, 4.69) is 34.5 Å². The van der Waals surface area contributed by atoms with Crippen molar-refractivity contribution in [2.24, 2.45) is 0 Å². The average molecular weight is 439 g/mol. The van der Waals surface area contributed by atoms with Gasteiger partial charge in [-0.3, -0.25) is 0 Å². The summed E-state index contributed by atoms with van der Waals surface area (Å²) in [4.78, 5) is 9.21. The third-order valence-electron chi connectivity index (χ3n) is 3.70. The molecule has 101 valence electrons. The summed E-state index contributed by atoms with van der Waals surface area (Å²) in [7, 11) is 0. The van der Waals surface area contributed by atoms with Gasteiger partial charge in [-0.1, -0.05) is 6.07 Å². The van der Waals surface area contributed by atoms with Crippen LogP contribution in [0, 0.1) is 19.9 Å². The van der Waals surface area contributed by atoms with Crippen LogP contribution < -0.4 is 0 Å². The summed E-state index contributed by atoms with van der Waals surface area (Å²) >= 11 is 0. The molecule has 0 bridgehead atoms. The van der Waals surface area contributed by atoms with E-state index in [1.165, 1.54) is 5.69 Å². The van der Waals surface area contributed by atoms with Gasteiger partial charge in [0.2, 0.25) is 0 Å². The fourth-order valence-corrected chi connectivity index (χ4v) is 2.67. The van der Waals surface area contributed by atoms with Gasteiger partial charge in [0.25, 0.3) is 0 Å². The second-order valence-corrected chi connectivity index (χ2v) is 4.77. The number of imidazole rings is 1. The van der Waals surface area contributed by atoms with E-state index < -0.39 is 0 Å². The van der Waals surface area contributed by atoms with Crippen molar-refractivity contribution in [2.45, 2.75) is 13.8 Å². The first-order valence-corrected chi connectivity index (χ1v) is 6.30. The van der Waals surface area contributed by atoms with Crippen molar-refractivity contribution in [1.29, 1.82) is 0 Å². The molecule has 1 aromatic carbocycles. The second kappa shape index (κ2) is 4.65. The molecule has 3 nitrogen and oxygen atoms in total. The predicted octanol–water partition coefficient (Wildman–Crippen LogP) is 3.45. The van der Waals surface area contributed by atoms with Crippen LogP contribution in [0.25, 0.3) is 27.5 Å². The number of fused-ring (bicyclic) bond motifs is 6. The summed E-state index contributed by atoms with van der Waals surface area (Å²) in [6.07, 6.45) is 1.82. The zero-order valence-corrected chi connectivity index (χ0v) is 13.5. The maximum atomic E-state index is 4.70. The van der Waals surface area contributed by atoms with Crippen molar-refractivity contribution in [3.63, 3.8) is 0 Å². The molecule has 0 unspecified atom stereocenters. The topological polar surface area (TPSA) is 30.2 Å². The predicted molar refractivity (Wildman–Crippen MR) is 76.3 cm³/mol. The van der Waals surface area contributed by atoms with E-state index in [0.717, 1.165) is 33.1 Å². The van der Waals surface area contributed by atoms with E-state index in [1.807, 2.05) is 31.3 Å². The van der Waals surface area contributed by atoms with Gasteiger partial charge in [0.1, 0.15) is 5.65 Å². The Kier molecular flexibility index (Phi) is 3.08. The molecule has 3 aromatic heterocycles. The van der Waals surface area contributed by atoms with Crippen LogP contribution in [0.2, 0.25) is 0 Å². The Morgan fingerprint density at radius 2 is 2.00 bits per heavy atom. The summed E-state index contributed by atoms with van der Waals surface area (Å²) < 4.78 is 2.20. The third kappa shape index (κ3) is 1.62. The number of pyridine rings is 2. The largest absolute Gasteiger partial charge is 0.339 e. The van der Waals surface area contributed by atoms with Crippen molar-refractivity contribution in [2.75, 3.05) is 0 Å². The van der Waals surface area contributed by atoms with E-state index in [4.69, 9.17) is 4.98 Å². The number of aromatic nitrogens is 3. The number of rotatable bonds is 0. The molecule has 3 heterocycles. The third-order valence-corrected chi connectivity index (χ3v) is 3.70. The van der Waals surface area contributed by atoms with E-state index in [1.54, 1.807) is 0 Å². The molecule has 0 amide bonds. The number of nitrogens with zero attached hydrogens (tertiary/aromatic N) is 3. The van der Waals surface area contributed by atoms with Crippen molar-refractivity contribution in [3.05, 3.63) is 54.0 Å². The first kappa shape index (κ1) is 13.2. The van der Waals surface area contributed by atoms with Crippen LogP contribution in [0.3, 0.4) is 0 Å². The molecular formula is C16H12IrN3-. The molecule has 4 heteroatoms. The molecule has 0 saturated carbocycles. The maximum absolute atomic E-state index is 4.70. The molecule has 0 spiro atoms. The van der Waals surface area contributed by atoms with Crippen LogP contribution in [0.4, 0.5) is 0 Å². The number of hydrogen-bond donors (Lipinski definition) is 0. The molecule has 20 heavy (non-hydrogen) atoms. The van der Waals surface area contributed by atoms with Gasteiger partial charge >= 0.3 is 0 Å². The summed E-state index contributed by atoms with van der Waals surface area (Å²) in [5.41, 5.74) is 5.29. The second-order valence-electron chi connectivity index (χ2n) is 4.77. The molecule has 4 rings (SSSR count). The quantitative estimate of drug-likeness (QED) is 0.311. The number of aryl methyl sites for hydroxylation is 2. The van der Waals surface area contributed by atoms with Crippen LogP contribution in [-0.2, 0) is 20.1 Å². The Hall–Kier alpha value is -1.77. The summed E-state index contributed by atoms with van der Waals surface area (Å²) in [6, 6.07) is 13.4. The molecule has 0 atom stereocenters. The molecule has 0 N–H and O–H groups in total. The molecule has 0 aliphatic carbocycles. The normalized spacial score (nSPS) is 11.1. The number of benzene rings is 1. The molecule has 0 fully saturated rings. The summed E-state index contributed by atoms with van der Waals surface area (Å²) in [6.45, 7) is 4.15. The van der Waals surface area contributed by atoms with Crippen molar-refractivity contribution >= 4 is 27.5 Å². The minimum atomic E-state index is 0.